The molecule has 0 spiro atoms. The van der Waals surface area contributed by atoms with Crippen LogP contribution in [0.5, 0.6) is 0 Å². The minimum Gasteiger partial charge on any atom is -0.339 e. The second-order valence-electron chi connectivity index (χ2n) is 5.82. The number of nitrogens with one attached hydrogen (secondary N) is 2. The number of nitrogens with zero attached hydrogens (tertiary/aromatic N) is 3. The van der Waals surface area contributed by atoms with E-state index in [4.69, 9.17) is 11.6 Å². The molecular formula is C18H17ClFN5. The van der Waals surface area contributed by atoms with Gasteiger partial charge in [0.15, 0.2) is 5.82 Å². The minimum absolute atomic E-state index is 0.0376. The number of hydrogen-bond donors (Lipinski definition) is 2. The zero-order chi connectivity index (χ0) is 17.8. The Bertz CT molecular complexity index is 868. The SMILES string of the molecule is CC(C)c1ccc(Nc2nncc(Nc3ccc(F)c(Cl)c3)n2)cc1. The van der Waals surface area contributed by atoms with Gasteiger partial charge in [-0.05, 0) is 41.8 Å². The van der Waals surface area contributed by atoms with E-state index in [0.29, 0.717) is 23.4 Å². The molecule has 0 bridgehead atoms. The van der Waals surface area contributed by atoms with Gasteiger partial charge in [-0.25, -0.2) is 4.39 Å². The fourth-order valence-corrected chi connectivity index (χ4v) is 2.40. The fourth-order valence-electron chi connectivity index (χ4n) is 2.22. The van der Waals surface area contributed by atoms with Crippen LogP contribution in [0.4, 0.5) is 27.5 Å². The molecule has 25 heavy (non-hydrogen) atoms. The summed E-state index contributed by atoms with van der Waals surface area (Å²) < 4.78 is 13.2. The molecule has 2 aromatic carbocycles. The van der Waals surface area contributed by atoms with Gasteiger partial charge < -0.3 is 10.6 Å². The average Bonchev–Trinajstić information content (AvgIpc) is 2.59. The summed E-state index contributed by atoms with van der Waals surface area (Å²) in [4.78, 5) is 4.34. The van der Waals surface area contributed by atoms with Crippen molar-refractivity contribution in [2.75, 3.05) is 10.6 Å². The third-order valence-corrected chi connectivity index (χ3v) is 3.87. The van der Waals surface area contributed by atoms with Crippen molar-refractivity contribution in [3.8, 4) is 0 Å². The molecule has 0 aliphatic carbocycles. The number of aromatic nitrogens is 3. The van der Waals surface area contributed by atoms with Gasteiger partial charge in [-0.1, -0.05) is 37.6 Å². The lowest BCUT2D eigenvalue weighted by molar-refractivity contribution is 0.628. The molecule has 5 nitrogen and oxygen atoms in total. The topological polar surface area (TPSA) is 62.7 Å². The zero-order valence-corrected chi connectivity index (χ0v) is 14.5. The van der Waals surface area contributed by atoms with Gasteiger partial charge in [-0.2, -0.15) is 10.1 Å². The molecular weight excluding hydrogens is 341 g/mol. The molecule has 0 fully saturated rings. The van der Waals surface area contributed by atoms with Crippen molar-refractivity contribution >= 4 is 34.7 Å². The van der Waals surface area contributed by atoms with Crippen LogP contribution in [-0.2, 0) is 0 Å². The first kappa shape index (κ1) is 17.1. The van der Waals surface area contributed by atoms with Gasteiger partial charge in [0.1, 0.15) is 5.82 Å². The molecule has 0 aliphatic heterocycles. The van der Waals surface area contributed by atoms with Gasteiger partial charge in [-0.3, -0.25) is 0 Å². The average molecular weight is 358 g/mol. The number of halogens is 2. The first-order valence-electron chi connectivity index (χ1n) is 7.80. The largest absolute Gasteiger partial charge is 0.339 e. The monoisotopic (exact) mass is 357 g/mol. The van der Waals surface area contributed by atoms with Gasteiger partial charge in [0.25, 0.3) is 0 Å². The number of hydrogen-bond acceptors (Lipinski definition) is 5. The standard InChI is InChI=1S/C18H17ClFN5/c1-11(2)12-3-5-13(6-4-12)23-18-24-17(10-21-25-18)22-14-7-8-16(20)15(19)9-14/h3-11H,1-2H3,(H2,22,23,24,25). The van der Waals surface area contributed by atoms with Crippen LogP contribution in [-0.4, -0.2) is 15.2 Å². The quantitative estimate of drug-likeness (QED) is 0.650. The van der Waals surface area contributed by atoms with Gasteiger partial charge in [0.05, 0.1) is 11.2 Å². The normalized spacial score (nSPS) is 10.8. The lowest BCUT2D eigenvalue weighted by Gasteiger charge is -2.09. The Balaban J connectivity index is 1.73. The van der Waals surface area contributed by atoms with Gasteiger partial charge in [0.2, 0.25) is 5.95 Å². The highest BCUT2D eigenvalue weighted by atomic mass is 35.5. The second-order valence-corrected chi connectivity index (χ2v) is 6.23. The van der Waals surface area contributed by atoms with E-state index in [9.17, 15) is 4.39 Å². The van der Waals surface area contributed by atoms with E-state index in [2.05, 4.69) is 51.8 Å². The molecule has 1 aromatic heterocycles. The van der Waals surface area contributed by atoms with E-state index in [0.717, 1.165) is 5.69 Å². The van der Waals surface area contributed by atoms with Crippen molar-refractivity contribution < 1.29 is 4.39 Å². The predicted octanol–water partition coefficient (Wildman–Crippen LogP) is 5.27. The molecule has 0 saturated heterocycles. The molecule has 7 heteroatoms. The second kappa shape index (κ2) is 7.44. The first-order chi connectivity index (χ1) is 12.0. The van der Waals surface area contributed by atoms with Crippen LogP contribution >= 0.6 is 11.6 Å². The van der Waals surface area contributed by atoms with Crippen molar-refractivity contribution in [3.05, 3.63) is 65.1 Å². The summed E-state index contributed by atoms with van der Waals surface area (Å²) in [5, 5.41) is 14.0. The third kappa shape index (κ3) is 4.42. The van der Waals surface area contributed by atoms with Gasteiger partial charge in [0, 0.05) is 11.4 Å². The highest BCUT2D eigenvalue weighted by Crippen LogP contribution is 2.23. The van der Waals surface area contributed by atoms with Crippen LogP contribution in [0.2, 0.25) is 5.02 Å². The molecule has 0 aliphatic rings. The summed E-state index contributed by atoms with van der Waals surface area (Å²) in [6.07, 6.45) is 1.48. The summed E-state index contributed by atoms with van der Waals surface area (Å²) in [5.41, 5.74) is 2.74. The lowest BCUT2D eigenvalue weighted by Crippen LogP contribution is -2.02. The summed E-state index contributed by atoms with van der Waals surface area (Å²) in [7, 11) is 0. The maximum atomic E-state index is 13.2. The molecule has 128 valence electrons. The van der Waals surface area contributed by atoms with Gasteiger partial charge >= 0.3 is 0 Å². The van der Waals surface area contributed by atoms with E-state index >= 15 is 0 Å². The Hall–Kier alpha value is -2.73. The van der Waals surface area contributed by atoms with Gasteiger partial charge in [-0.15, -0.1) is 5.10 Å². The molecule has 0 saturated carbocycles. The maximum Gasteiger partial charge on any atom is 0.249 e. The fraction of sp³-hybridized carbons (Fsp3) is 0.167. The highest BCUT2D eigenvalue weighted by molar-refractivity contribution is 6.31. The van der Waals surface area contributed by atoms with E-state index in [1.807, 2.05) is 12.1 Å². The Morgan fingerprint density at radius 2 is 1.72 bits per heavy atom. The third-order valence-electron chi connectivity index (χ3n) is 3.58. The zero-order valence-electron chi connectivity index (χ0n) is 13.8. The summed E-state index contributed by atoms with van der Waals surface area (Å²) >= 11 is 5.78. The smallest absolute Gasteiger partial charge is 0.249 e. The Morgan fingerprint density at radius 3 is 2.40 bits per heavy atom. The Morgan fingerprint density at radius 1 is 1.00 bits per heavy atom. The van der Waals surface area contributed by atoms with Crippen molar-refractivity contribution in [2.24, 2.45) is 0 Å². The van der Waals surface area contributed by atoms with Crippen molar-refractivity contribution in [3.63, 3.8) is 0 Å². The predicted molar refractivity (Wildman–Crippen MR) is 98.3 cm³/mol. The number of rotatable bonds is 5. The number of benzene rings is 2. The summed E-state index contributed by atoms with van der Waals surface area (Å²) in [5.74, 6) is 0.830. The molecule has 3 aromatic rings. The van der Waals surface area contributed by atoms with Crippen LogP contribution < -0.4 is 10.6 Å². The molecule has 0 unspecified atom stereocenters. The minimum atomic E-state index is -0.472. The van der Waals surface area contributed by atoms with E-state index < -0.39 is 5.82 Å². The molecule has 1 heterocycles. The van der Waals surface area contributed by atoms with E-state index in [1.54, 1.807) is 6.07 Å². The van der Waals surface area contributed by atoms with Crippen molar-refractivity contribution in [1.82, 2.24) is 15.2 Å². The molecule has 0 amide bonds. The van der Waals surface area contributed by atoms with Crippen LogP contribution in [0.3, 0.4) is 0 Å². The van der Waals surface area contributed by atoms with Crippen molar-refractivity contribution in [2.45, 2.75) is 19.8 Å². The Kier molecular flexibility index (Phi) is 5.09. The van der Waals surface area contributed by atoms with E-state index in [-0.39, 0.29) is 5.02 Å². The molecule has 3 rings (SSSR count). The lowest BCUT2D eigenvalue weighted by atomic mass is 10.0. The summed E-state index contributed by atoms with van der Waals surface area (Å²) in [6, 6.07) is 12.4. The Labute approximate surface area is 150 Å². The maximum absolute atomic E-state index is 13.2. The van der Waals surface area contributed by atoms with Crippen LogP contribution in [0.25, 0.3) is 0 Å². The van der Waals surface area contributed by atoms with Crippen LogP contribution in [0.15, 0.2) is 48.7 Å². The van der Waals surface area contributed by atoms with Crippen LogP contribution in [0, 0.1) is 5.82 Å². The number of anilines is 4. The molecule has 0 atom stereocenters. The molecule has 2 N–H and O–H groups in total. The van der Waals surface area contributed by atoms with E-state index in [1.165, 1.54) is 23.9 Å². The van der Waals surface area contributed by atoms with Crippen molar-refractivity contribution in [1.29, 1.82) is 0 Å². The summed E-state index contributed by atoms with van der Waals surface area (Å²) in [6.45, 7) is 4.29. The first-order valence-corrected chi connectivity index (χ1v) is 8.18. The highest BCUT2D eigenvalue weighted by Gasteiger charge is 2.05. The molecule has 0 radical (unpaired) electrons. The van der Waals surface area contributed by atoms with Crippen LogP contribution in [0.1, 0.15) is 25.3 Å².